The average molecular weight is 446 g/mol. The highest BCUT2D eigenvalue weighted by Gasteiger charge is 2.24. The molecule has 1 aliphatic heterocycles. The first-order chi connectivity index (χ1) is 16.2. The zero-order valence-corrected chi connectivity index (χ0v) is 19.2. The van der Waals surface area contributed by atoms with E-state index in [1.54, 1.807) is 6.08 Å². The van der Waals surface area contributed by atoms with Gasteiger partial charge in [0.2, 0.25) is 5.95 Å². The Morgan fingerprint density at radius 3 is 2.67 bits per heavy atom. The van der Waals surface area contributed by atoms with Crippen molar-refractivity contribution in [3.05, 3.63) is 58.7 Å². The summed E-state index contributed by atoms with van der Waals surface area (Å²) >= 11 is 0. The molecule has 33 heavy (non-hydrogen) atoms. The van der Waals surface area contributed by atoms with Crippen molar-refractivity contribution in [1.82, 2.24) is 24.8 Å². The minimum Gasteiger partial charge on any atom is -0.368 e. The highest BCUT2D eigenvalue weighted by Crippen LogP contribution is 2.32. The normalized spacial score (nSPS) is 16.9. The summed E-state index contributed by atoms with van der Waals surface area (Å²) in [7, 11) is 0. The molecule has 0 amide bonds. The topological polar surface area (TPSA) is 88.0 Å². The van der Waals surface area contributed by atoms with Gasteiger partial charge in [-0.3, -0.25) is 9.36 Å². The molecule has 3 aromatic rings. The van der Waals surface area contributed by atoms with Gasteiger partial charge in [0.15, 0.2) is 0 Å². The predicted octanol–water partition coefficient (Wildman–Crippen LogP) is 3.49. The van der Waals surface area contributed by atoms with Gasteiger partial charge in [-0.15, -0.1) is 6.58 Å². The van der Waals surface area contributed by atoms with Crippen LogP contribution < -0.4 is 21.1 Å². The van der Waals surface area contributed by atoms with Crippen LogP contribution in [0.15, 0.2) is 42.0 Å². The molecule has 4 heterocycles. The molecule has 8 nitrogen and oxygen atoms in total. The van der Waals surface area contributed by atoms with Crippen LogP contribution in [-0.2, 0) is 6.42 Å². The lowest BCUT2D eigenvalue weighted by Crippen LogP contribution is -2.43. The van der Waals surface area contributed by atoms with Crippen molar-refractivity contribution in [2.24, 2.45) is 0 Å². The molecule has 1 saturated carbocycles. The van der Waals surface area contributed by atoms with Gasteiger partial charge in [0.1, 0.15) is 11.5 Å². The number of aryl methyl sites for hydroxylation is 1. The van der Waals surface area contributed by atoms with Crippen LogP contribution >= 0.6 is 0 Å². The summed E-state index contributed by atoms with van der Waals surface area (Å²) in [6.45, 7) is 9.76. The zero-order chi connectivity index (χ0) is 22.8. The van der Waals surface area contributed by atoms with E-state index in [-0.39, 0.29) is 11.6 Å². The Hall–Kier alpha value is -3.26. The quantitative estimate of drug-likeness (QED) is 0.562. The number of rotatable bonds is 6. The van der Waals surface area contributed by atoms with Crippen molar-refractivity contribution >= 4 is 28.5 Å². The van der Waals surface area contributed by atoms with Crippen molar-refractivity contribution < 1.29 is 0 Å². The van der Waals surface area contributed by atoms with Gasteiger partial charge in [-0.2, -0.15) is 4.98 Å². The molecule has 0 aromatic carbocycles. The molecular formula is C25H31N7O. The predicted molar refractivity (Wildman–Crippen MR) is 133 cm³/mol. The van der Waals surface area contributed by atoms with Crippen molar-refractivity contribution in [2.75, 3.05) is 36.4 Å². The second-order valence-electron chi connectivity index (χ2n) is 8.90. The number of nitrogens with one attached hydrogen (secondary N) is 2. The number of hydrogen-bond donors (Lipinski definition) is 2. The molecule has 8 heteroatoms. The summed E-state index contributed by atoms with van der Waals surface area (Å²) < 4.78 is 1.90. The Labute approximate surface area is 193 Å². The highest BCUT2D eigenvalue weighted by atomic mass is 16.1. The fraction of sp³-hybridized carbons (Fsp3) is 0.440. The molecule has 0 atom stereocenters. The maximum absolute atomic E-state index is 13.5. The van der Waals surface area contributed by atoms with Crippen LogP contribution in [0.3, 0.4) is 0 Å². The maximum Gasteiger partial charge on any atom is 0.256 e. The summed E-state index contributed by atoms with van der Waals surface area (Å²) in [4.78, 5) is 29.7. The van der Waals surface area contributed by atoms with Gasteiger partial charge in [0.05, 0.1) is 11.9 Å². The van der Waals surface area contributed by atoms with Crippen LogP contribution in [0, 0.1) is 6.92 Å². The Morgan fingerprint density at radius 1 is 1.18 bits per heavy atom. The smallest absolute Gasteiger partial charge is 0.256 e. The molecule has 0 radical (unpaired) electrons. The minimum absolute atomic E-state index is 0.0509. The summed E-state index contributed by atoms with van der Waals surface area (Å²) in [6.07, 6.45) is 10.4. The monoisotopic (exact) mass is 445 g/mol. The summed E-state index contributed by atoms with van der Waals surface area (Å²) in [5.41, 5.74) is 3.59. The van der Waals surface area contributed by atoms with E-state index in [0.29, 0.717) is 23.8 Å². The number of piperazine rings is 1. The lowest BCUT2D eigenvalue weighted by atomic mass is 10.0. The minimum atomic E-state index is 0.0509. The van der Waals surface area contributed by atoms with E-state index in [2.05, 4.69) is 38.1 Å². The molecule has 1 aliphatic carbocycles. The Kier molecular flexibility index (Phi) is 6.09. The van der Waals surface area contributed by atoms with Crippen LogP contribution in [0.5, 0.6) is 0 Å². The van der Waals surface area contributed by atoms with Crippen LogP contribution in [0.1, 0.15) is 42.9 Å². The second kappa shape index (κ2) is 9.31. The zero-order valence-electron chi connectivity index (χ0n) is 19.2. The second-order valence-corrected chi connectivity index (χ2v) is 8.90. The molecule has 0 spiro atoms. The van der Waals surface area contributed by atoms with E-state index in [1.807, 2.05) is 30.0 Å². The third-order valence-electron chi connectivity index (χ3n) is 6.84. The number of allylic oxidation sites excluding steroid dienone is 1. The highest BCUT2D eigenvalue weighted by molar-refractivity contribution is 5.80. The van der Waals surface area contributed by atoms with E-state index in [1.165, 1.54) is 0 Å². The molecule has 2 aliphatic rings. The third-order valence-corrected chi connectivity index (χ3v) is 6.84. The van der Waals surface area contributed by atoms with Crippen LogP contribution in [-0.4, -0.2) is 45.7 Å². The van der Waals surface area contributed by atoms with Crippen LogP contribution in [0.2, 0.25) is 0 Å². The largest absolute Gasteiger partial charge is 0.368 e. The SMILES string of the molecule is C=CCc1c(C)c2cnc(Nc3ccc(N4CCNCC4)cn3)nc2n(C2CCCC2)c1=O. The molecule has 1 saturated heterocycles. The molecule has 2 fully saturated rings. The van der Waals surface area contributed by atoms with Gasteiger partial charge in [-0.25, -0.2) is 9.97 Å². The fourth-order valence-electron chi connectivity index (χ4n) is 5.02. The summed E-state index contributed by atoms with van der Waals surface area (Å²) in [5.74, 6) is 1.13. The average Bonchev–Trinajstić information content (AvgIpc) is 3.37. The van der Waals surface area contributed by atoms with Crippen molar-refractivity contribution in [2.45, 2.75) is 45.1 Å². The van der Waals surface area contributed by atoms with Gasteiger partial charge in [0.25, 0.3) is 5.56 Å². The number of anilines is 3. The lowest BCUT2D eigenvalue weighted by molar-refractivity contribution is 0.513. The van der Waals surface area contributed by atoms with E-state index in [4.69, 9.17) is 4.98 Å². The first kappa shape index (κ1) is 21.6. The van der Waals surface area contributed by atoms with E-state index in [9.17, 15) is 4.79 Å². The first-order valence-corrected chi connectivity index (χ1v) is 11.9. The molecule has 0 unspecified atom stereocenters. The molecular weight excluding hydrogens is 414 g/mol. The van der Waals surface area contributed by atoms with Crippen molar-refractivity contribution in [3.63, 3.8) is 0 Å². The molecule has 5 rings (SSSR count). The molecule has 0 bridgehead atoms. The maximum atomic E-state index is 13.5. The lowest BCUT2D eigenvalue weighted by Gasteiger charge is -2.29. The van der Waals surface area contributed by atoms with Gasteiger partial charge in [0, 0.05) is 49.4 Å². The van der Waals surface area contributed by atoms with E-state index >= 15 is 0 Å². The third kappa shape index (κ3) is 4.23. The van der Waals surface area contributed by atoms with Gasteiger partial charge < -0.3 is 15.5 Å². The van der Waals surface area contributed by atoms with Gasteiger partial charge in [-0.05, 0) is 43.9 Å². The summed E-state index contributed by atoms with van der Waals surface area (Å²) in [6, 6.07) is 4.21. The van der Waals surface area contributed by atoms with E-state index < -0.39 is 0 Å². The van der Waals surface area contributed by atoms with Gasteiger partial charge in [-0.1, -0.05) is 18.9 Å². The van der Waals surface area contributed by atoms with Crippen molar-refractivity contribution in [1.29, 1.82) is 0 Å². The molecule has 172 valence electrons. The number of hydrogen-bond acceptors (Lipinski definition) is 7. The molecule has 2 N–H and O–H groups in total. The number of fused-ring (bicyclic) bond motifs is 1. The van der Waals surface area contributed by atoms with Crippen molar-refractivity contribution in [3.8, 4) is 0 Å². The number of nitrogens with zero attached hydrogens (tertiary/aromatic N) is 5. The number of pyridine rings is 2. The van der Waals surface area contributed by atoms with Crippen LogP contribution in [0.4, 0.5) is 17.5 Å². The fourth-order valence-corrected chi connectivity index (χ4v) is 5.02. The standard InChI is InChI=1S/C25H31N7O/c1-3-6-20-17(2)21-16-28-25(30-23(21)32(24(20)33)18-7-4-5-8-18)29-22-10-9-19(15-27-22)31-13-11-26-12-14-31/h3,9-10,15-16,18,26H,1,4-8,11-14H2,2H3,(H,27,28,29,30). The Balaban J connectivity index is 1.49. The van der Waals surface area contributed by atoms with Gasteiger partial charge >= 0.3 is 0 Å². The number of aromatic nitrogens is 4. The first-order valence-electron chi connectivity index (χ1n) is 11.9. The van der Waals surface area contributed by atoms with E-state index in [0.717, 1.165) is 74.1 Å². The van der Waals surface area contributed by atoms with Crippen LogP contribution in [0.25, 0.3) is 11.0 Å². The molecule has 3 aromatic heterocycles. The Morgan fingerprint density at radius 2 is 1.97 bits per heavy atom. The Bertz CT molecular complexity index is 1210. The summed E-state index contributed by atoms with van der Waals surface area (Å²) in [5, 5.41) is 7.52.